The van der Waals surface area contributed by atoms with E-state index in [-0.39, 0.29) is 41.4 Å². The number of hydrogen-bond donors (Lipinski definition) is 1. The van der Waals surface area contributed by atoms with Crippen molar-refractivity contribution >= 4 is 17.7 Å². The van der Waals surface area contributed by atoms with Crippen molar-refractivity contribution in [3.05, 3.63) is 65.6 Å². The molecule has 1 aliphatic rings. The molecule has 2 amide bonds. The summed E-state index contributed by atoms with van der Waals surface area (Å²) in [6.07, 6.45) is -3.73. The standard InChI is InChI=1S/C24H21F6N5O/c1-2-14-4-3-9-35(22(36)34-20-13-31-7-8-32-20)21-18(14)5-6-19(33-21)15-10-16(23(25,26)27)12-17(11-15)24(28,29)30/h5-8,10-14H,2-4,9H2,1H3,(H,32,34,36). The Morgan fingerprint density at radius 1 is 1.06 bits per heavy atom. The van der Waals surface area contributed by atoms with Crippen LogP contribution in [-0.2, 0) is 12.4 Å². The molecule has 0 saturated carbocycles. The molecule has 190 valence electrons. The number of alkyl halides is 6. The SMILES string of the molecule is CCC1CCCN(C(=O)Nc2cnccn2)c2nc(-c3cc(C(F)(F)F)cc(C(F)(F)F)c3)ccc21. The van der Waals surface area contributed by atoms with Gasteiger partial charge in [0.2, 0.25) is 0 Å². The van der Waals surface area contributed by atoms with Crippen LogP contribution in [0.3, 0.4) is 0 Å². The first-order valence-electron chi connectivity index (χ1n) is 11.1. The quantitative estimate of drug-likeness (QED) is 0.390. The Kier molecular flexibility index (Phi) is 6.87. The monoisotopic (exact) mass is 509 g/mol. The van der Waals surface area contributed by atoms with Gasteiger partial charge in [0, 0.05) is 24.5 Å². The van der Waals surface area contributed by atoms with E-state index in [4.69, 9.17) is 0 Å². The number of benzene rings is 1. The molecule has 0 spiro atoms. The third-order valence-corrected chi connectivity index (χ3v) is 5.95. The molecule has 1 unspecified atom stereocenters. The Morgan fingerprint density at radius 2 is 1.75 bits per heavy atom. The fraction of sp³-hybridized carbons (Fsp3) is 0.333. The van der Waals surface area contributed by atoms with Gasteiger partial charge in [-0.2, -0.15) is 26.3 Å². The van der Waals surface area contributed by atoms with Crippen molar-refractivity contribution in [2.45, 2.75) is 44.5 Å². The lowest BCUT2D eigenvalue weighted by Crippen LogP contribution is -2.36. The molecule has 1 aliphatic heterocycles. The van der Waals surface area contributed by atoms with E-state index in [0.29, 0.717) is 24.1 Å². The topological polar surface area (TPSA) is 71.0 Å². The summed E-state index contributed by atoms with van der Waals surface area (Å²) in [7, 11) is 0. The van der Waals surface area contributed by atoms with Crippen LogP contribution in [0.4, 0.5) is 42.8 Å². The first kappa shape index (κ1) is 25.4. The molecule has 3 heterocycles. The number of rotatable bonds is 3. The van der Waals surface area contributed by atoms with Crippen molar-refractivity contribution < 1.29 is 31.1 Å². The number of urea groups is 1. The second-order valence-electron chi connectivity index (χ2n) is 8.32. The van der Waals surface area contributed by atoms with E-state index in [1.165, 1.54) is 29.6 Å². The molecular formula is C24H21F6N5O. The Balaban J connectivity index is 1.82. The third kappa shape index (κ3) is 5.42. The number of carbonyl (C=O) groups is 1. The van der Waals surface area contributed by atoms with Gasteiger partial charge in [0.25, 0.3) is 0 Å². The number of halogens is 6. The van der Waals surface area contributed by atoms with Crippen LogP contribution in [0.25, 0.3) is 11.3 Å². The van der Waals surface area contributed by atoms with Gasteiger partial charge in [-0.1, -0.05) is 13.0 Å². The lowest BCUT2D eigenvalue weighted by molar-refractivity contribution is -0.143. The first-order chi connectivity index (χ1) is 17.0. The Bertz CT molecular complexity index is 1210. The van der Waals surface area contributed by atoms with Gasteiger partial charge in [0.15, 0.2) is 5.82 Å². The van der Waals surface area contributed by atoms with Crippen molar-refractivity contribution in [1.82, 2.24) is 15.0 Å². The molecule has 0 saturated heterocycles. The largest absolute Gasteiger partial charge is 0.416 e. The second-order valence-corrected chi connectivity index (χ2v) is 8.32. The van der Waals surface area contributed by atoms with Gasteiger partial charge >= 0.3 is 18.4 Å². The summed E-state index contributed by atoms with van der Waals surface area (Å²) in [5, 5.41) is 2.61. The summed E-state index contributed by atoms with van der Waals surface area (Å²) in [6, 6.07) is 3.75. The summed E-state index contributed by atoms with van der Waals surface area (Å²) in [5.74, 6) is 0.386. The van der Waals surface area contributed by atoms with E-state index in [1.54, 1.807) is 6.07 Å². The van der Waals surface area contributed by atoms with Gasteiger partial charge in [-0.05, 0) is 55.0 Å². The predicted octanol–water partition coefficient (Wildman–Crippen LogP) is 6.90. The lowest BCUT2D eigenvalue weighted by atomic mass is 9.92. The smallest absolute Gasteiger partial charge is 0.291 e. The van der Waals surface area contributed by atoms with E-state index in [2.05, 4.69) is 20.3 Å². The molecule has 12 heteroatoms. The highest BCUT2D eigenvalue weighted by atomic mass is 19.4. The number of nitrogens with zero attached hydrogens (tertiary/aromatic N) is 4. The molecule has 0 aliphatic carbocycles. The maximum atomic E-state index is 13.4. The number of pyridine rings is 1. The summed E-state index contributed by atoms with van der Waals surface area (Å²) in [4.78, 5) is 26.8. The normalized spacial score (nSPS) is 16.3. The van der Waals surface area contributed by atoms with E-state index in [0.717, 1.165) is 12.8 Å². The van der Waals surface area contributed by atoms with Crippen LogP contribution in [0.5, 0.6) is 0 Å². The van der Waals surface area contributed by atoms with Crippen molar-refractivity contribution in [2.75, 3.05) is 16.8 Å². The Labute approximate surface area is 202 Å². The average molecular weight is 509 g/mol. The molecule has 1 N–H and O–H groups in total. The first-order valence-corrected chi connectivity index (χ1v) is 11.1. The number of aromatic nitrogens is 3. The van der Waals surface area contributed by atoms with Crippen molar-refractivity contribution in [3.8, 4) is 11.3 Å². The maximum Gasteiger partial charge on any atom is 0.416 e. The van der Waals surface area contributed by atoms with Crippen molar-refractivity contribution in [3.63, 3.8) is 0 Å². The molecule has 6 nitrogen and oxygen atoms in total. The number of anilines is 2. The van der Waals surface area contributed by atoms with Crippen LogP contribution in [0, 0.1) is 0 Å². The van der Waals surface area contributed by atoms with Crippen LogP contribution in [-0.4, -0.2) is 27.5 Å². The Hall–Kier alpha value is -3.70. The zero-order valence-corrected chi connectivity index (χ0v) is 19.0. The van der Waals surface area contributed by atoms with Gasteiger partial charge in [0.05, 0.1) is 23.0 Å². The van der Waals surface area contributed by atoms with Gasteiger partial charge in [-0.25, -0.2) is 14.8 Å². The number of nitrogens with one attached hydrogen (secondary N) is 1. The van der Waals surface area contributed by atoms with Crippen LogP contribution in [0.2, 0.25) is 0 Å². The minimum Gasteiger partial charge on any atom is -0.291 e. The molecule has 3 aromatic rings. The van der Waals surface area contributed by atoms with Crippen molar-refractivity contribution in [1.29, 1.82) is 0 Å². The summed E-state index contributed by atoms with van der Waals surface area (Å²) < 4.78 is 80.3. The second kappa shape index (κ2) is 9.75. The minimum atomic E-state index is -4.99. The van der Waals surface area contributed by atoms with Crippen LogP contribution in [0.15, 0.2) is 48.9 Å². The minimum absolute atomic E-state index is 0.0168. The van der Waals surface area contributed by atoms with E-state index in [1.807, 2.05) is 6.92 Å². The van der Waals surface area contributed by atoms with Crippen molar-refractivity contribution in [2.24, 2.45) is 0 Å². The number of amides is 2. The zero-order valence-electron chi connectivity index (χ0n) is 19.0. The molecule has 2 aromatic heterocycles. The van der Waals surface area contributed by atoms with Gasteiger partial charge < -0.3 is 0 Å². The zero-order chi connectivity index (χ0) is 26.1. The van der Waals surface area contributed by atoms with Crippen LogP contribution >= 0.6 is 0 Å². The van der Waals surface area contributed by atoms with Gasteiger partial charge in [-0.15, -0.1) is 0 Å². The van der Waals surface area contributed by atoms with E-state index in [9.17, 15) is 31.1 Å². The number of hydrogen-bond acceptors (Lipinski definition) is 4. The number of fused-ring (bicyclic) bond motifs is 1. The third-order valence-electron chi connectivity index (χ3n) is 5.95. The van der Waals surface area contributed by atoms with Crippen LogP contribution in [0.1, 0.15) is 48.8 Å². The fourth-order valence-electron chi connectivity index (χ4n) is 4.18. The molecule has 1 aromatic carbocycles. The van der Waals surface area contributed by atoms with Gasteiger partial charge in [0.1, 0.15) is 5.82 Å². The molecule has 0 radical (unpaired) electrons. The molecule has 4 rings (SSSR count). The fourth-order valence-corrected chi connectivity index (χ4v) is 4.18. The number of carbonyl (C=O) groups excluding carboxylic acids is 1. The summed E-state index contributed by atoms with van der Waals surface area (Å²) in [5.41, 5.74) is -2.65. The highest BCUT2D eigenvalue weighted by molar-refractivity contribution is 6.01. The molecular weight excluding hydrogens is 488 g/mol. The summed E-state index contributed by atoms with van der Waals surface area (Å²) >= 11 is 0. The van der Waals surface area contributed by atoms with E-state index >= 15 is 0 Å². The maximum absolute atomic E-state index is 13.4. The average Bonchev–Trinajstić information content (AvgIpc) is 3.02. The lowest BCUT2D eigenvalue weighted by Gasteiger charge is -2.24. The summed E-state index contributed by atoms with van der Waals surface area (Å²) in [6.45, 7) is 2.21. The van der Waals surface area contributed by atoms with E-state index < -0.39 is 29.5 Å². The van der Waals surface area contributed by atoms with Crippen LogP contribution < -0.4 is 10.2 Å². The predicted molar refractivity (Wildman–Crippen MR) is 120 cm³/mol. The molecule has 0 fully saturated rings. The highest BCUT2D eigenvalue weighted by Gasteiger charge is 2.37. The molecule has 0 bridgehead atoms. The molecule has 36 heavy (non-hydrogen) atoms. The Morgan fingerprint density at radius 3 is 2.33 bits per heavy atom. The highest BCUT2D eigenvalue weighted by Crippen LogP contribution is 2.40. The van der Waals surface area contributed by atoms with Gasteiger partial charge in [-0.3, -0.25) is 15.2 Å². The molecule has 1 atom stereocenters.